The van der Waals surface area contributed by atoms with Crippen LogP contribution in [0.25, 0.3) is 0 Å². The third-order valence-corrected chi connectivity index (χ3v) is 14.4. The molecule has 0 heteroatoms. The molecule has 7 saturated carbocycles. The van der Waals surface area contributed by atoms with Gasteiger partial charge in [0.15, 0.2) is 0 Å². The van der Waals surface area contributed by atoms with E-state index in [-0.39, 0.29) is 0 Å². The van der Waals surface area contributed by atoms with E-state index in [0.717, 1.165) is 107 Å². The molecule has 9 aliphatic carbocycles. The van der Waals surface area contributed by atoms with Crippen LogP contribution in [0, 0.1) is 107 Å². The highest BCUT2D eigenvalue weighted by Crippen LogP contribution is 2.76. The number of allylic oxidation sites excluding steroid dienone is 7. The molecule has 34 heavy (non-hydrogen) atoms. The molecule has 9 rings (SSSR count). The highest BCUT2D eigenvalue weighted by molar-refractivity contribution is 5.27. The van der Waals surface area contributed by atoms with E-state index in [1.807, 2.05) is 0 Å². The largest absolute Gasteiger partial charge is 0.103 e. The summed E-state index contributed by atoms with van der Waals surface area (Å²) >= 11 is 0. The average molecular weight is 453 g/mol. The molecule has 18 unspecified atom stereocenters. The molecule has 0 N–H and O–H groups in total. The Morgan fingerprint density at radius 2 is 1.38 bits per heavy atom. The maximum absolute atomic E-state index is 4.35. The standard InChI is InChI=1S/C34H44/c1-3-5-7-18-12-17(4-2)30-29-16-28(31(18)30)23-11-10-22(33(23)29)24-13-19-14-25(24)34-27-15-26(32(19)34)20-8-6-9-21(20)27/h4-7,9-11,17-34H,2-3,8,12-16H2,1H3/b7-5+. The molecule has 0 heterocycles. The van der Waals surface area contributed by atoms with E-state index in [1.54, 1.807) is 25.7 Å². The van der Waals surface area contributed by atoms with Gasteiger partial charge in [-0.3, -0.25) is 0 Å². The Labute approximate surface area is 207 Å². The van der Waals surface area contributed by atoms with E-state index < -0.39 is 0 Å². The van der Waals surface area contributed by atoms with Crippen LogP contribution in [0.15, 0.2) is 49.1 Å². The molecular formula is C34H44. The number of rotatable bonds is 4. The highest BCUT2D eigenvalue weighted by atomic mass is 14.7. The van der Waals surface area contributed by atoms with Crippen molar-refractivity contribution in [3.63, 3.8) is 0 Å². The van der Waals surface area contributed by atoms with Gasteiger partial charge in [-0.05, 0) is 151 Å². The lowest BCUT2D eigenvalue weighted by atomic mass is 9.57. The Kier molecular flexibility index (Phi) is 4.03. The Morgan fingerprint density at radius 1 is 0.647 bits per heavy atom. The molecule has 6 bridgehead atoms. The number of fused-ring (bicyclic) bond motifs is 20. The minimum atomic E-state index is 0.787. The smallest absolute Gasteiger partial charge is 0.0165 e. The van der Waals surface area contributed by atoms with Crippen LogP contribution in [0.3, 0.4) is 0 Å². The first-order valence-corrected chi connectivity index (χ1v) is 15.4. The van der Waals surface area contributed by atoms with E-state index in [9.17, 15) is 0 Å². The molecule has 9 aliphatic rings. The van der Waals surface area contributed by atoms with E-state index >= 15 is 0 Å². The van der Waals surface area contributed by atoms with E-state index in [1.165, 1.54) is 19.3 Å². The molecule has 0 spiro atoms. The summed E-state index contributed by atoms with van der Waals surface area (Å²) < 4.78 is 0. The first-order valence-electron chi connectivity index (χ1n) is 15.4. The molecule has 0 radical (unpaired) electrons. The molecule has 0 aromatic carbocycles. The number of hydrogen-bond donors (Lipinski definition) is 0. The predicted molar refractivity (Wildman–Crippen MR) is 138 cm³/mol. The van der Waals surface area contributed by atoms with Gasteiger partial charge in [0, 0.05) is 0 Å². The van der Waals surface area contributed by atoms with Crippen LogP contribution in [0.1, 0.15) is 51.9 Å². The zero-order valence-corrected chi connectivity index (χ0v) is 21.1. The van der Waals surface area contributed by atoms with Crippen molar-refractivity contribution in [2.24, 2.45) is 107 Å². The second kappa shape index (κ2) is 6.83. The summed E-state index contributed by atoms with van der Waals surface area (Å²) in [5.41, 5.74) is 0. The highest BCUT2D eigenvalue weighted by Gasteiger charge is 2.70. The number of hydrogen-bond acceptors (Lipinski definition) is 0. The van der Waals surface area contributed by atoms with Crippen molar-refractivity contribution in [2.45, 2.75) is 51.9 Å². The van der Waals surface area contributed by atoms with Crippen LogP contribution in [-0.4, -0.2) is 0 Å². The second-order valence-electron chi connectivity index (χ2n) is 14.7. The van der Waals surface area contributed by atoms with Crippen LogP contribution < -0.4 is 0 Å². The van der Waals surface area contributed by atoms with E-state index in [0.29, 0.717) is 0 Å². The predicted octanol–water partition coefficient (Wildman–Crippen LogP) is 7.81. The van der Waals surface area contributed by atoms with Gasteiger partial charge in [-0.25, -0.2) is 0 Å². The van der Waals surface area contributed by atoms with Gasteiger partial charge in [-0.15, -0.1) is 6.58 Å². The molecular weight excluding hydrogens is 408 g/mol. The first kappa shape index (κ1) is 20.1. The Hall–Kier alpha value is -1.04. The van der Waals surface area contributed by atoms with Crippen LogP contribution >= 0.6 is 0 Å². The van der Waals surface area contributed by atoms with Gasteiger partial charge in [0.05, 0.1) is 0 Å². The summed E-state index contributed by atoms with van der Waals surface area (Å²) in [7, 11) is 0. The van der Waals surface area contributed by atoms with Gasteiger partial charge in [0.2, 0.25) is 0 Å². The minimum Gasteiger partial charge on any atom is -0.103 e. The fourth-order valence-electron chi connectivity index (χ4n) is 14.1. The lowest BCUT2D eigenvalue weighted by molar-refractivity contribution is 0.0153. The quantitative estimate of drug-likeness (QED) is 0.301. The maximum Gasteiger partial charge on any atom is -0.0165 e. The van der Waals surface area contributed by atoms with Gasteiger partial charge < -0.3 is 0 Å². The normalized spacial score (nSPS) is 65.0. The van der Waals surface area contributed by atoms with Crippen molar-refractivity contribution < 1.29 is 0 Å². The molecule has 0 nitrogen and oxygen atoms in total. The van der Waals surface area contributed by atoms with Crippen molar-refractivity contribution in [3.8, 4) is 0 Å². The van der Waals surface area contributed by atoms with Crippen LogP contribution in [0.2, 0.25) is 0 Å². The van der Waals surface area contributed by atoms with Crippen molar-refractivity contribution in [2.75, 3.05) is 0 Å². The fraction of sp³-hybridized carbons (Fsp3) is 0.765. The molecule has 180 valence electrons. The lowest BCUT2D eigenvalue weighted by Crippen LogP contribution is -2.43. The summed E-state index contributed by atoms with van der Waals surface area (Å²) in [5, 5.41) is 0. The van der Waals surface area contributed by atoms with Gasteiger partial charge in [0.1, 0.15) is 0 Å². The monoisotopic (exact) mass is 452 g/mol. The van der Waals surface area contributed by atoms with Crippen molar-refractivity contribution in [3.05, 3.63) is 49.1 Å². The Balaban J connectivity index is 1.00. The van der Waals surface area contributed by atoms with Crippen molar-refractivity contribution >= 4 is 0 Å². The molecule has 0 aromatic heterocycles. The summed E-state index contributed by atoms with van der Waals surface area (Å²) in [6, 6.07) is 0. The molecule has 7 fully saturated rings. The maximum atomic E-state index is 4.35. The molecule has 0 aliphatic heterocycles. The summed E-state index contributed by atoms with van der Waals surface area (Å²) in [6.45, 7) is 6.65. The van der Waals surface area contributed by atoms with Crippen LogP contribution in [0.5, 0.6) is 0 Å². The fourth-order valence-corrected chi connectivity index (χ4v) is 14.1. The molecule has 18 atom stereocenters. The summed E-state index contributed by atoms with van der Waals surface area (Å²) in [5.74, 6) is 18.1. The molecule has 0 saturated heterocycles. The van der Waals surface area contributed by atoms with Crippen LogP contribution in [0.4, 0.5) is 0 Å². The van der Waals surface area contributed by atoms with E-state index in [2.05, 4.69) is 56.0 Å². The van der Waals surface area contributed by atoms with Gasteiger partial charge in [0.25, 0.3) is 0 Å². The average Bonchev–Trinajstić information content (AvgIpc) is 3.67. The first-order chi connectivity index (χ1) is 16.8. The van der Waals surface area contributed by atoms with Crippen molar-refractivity contribution in [1.29, 1.82) is 0 Å². The third-order valence-electron chi connectivity index (χ3n) is 14.4. The summed E-state index contributed by atoms with van der Waals surface area (Å²) in [6.07, 6.45) is 28.7. The zero-order valence-electron chi connectivity index (χ0n) is 21.1. The Morgan fingerprint density at radius 3 is 2.24 bits per heavy atom. The van der Waals surface area contributed by atoms with Gasteiger partial charge >= 0.3 is 0 Å². The van der Waals surface area contributed by atoms with Crippen molar-refractivity contribution in [1.82, 2.24) is 0 Å². The zero-order chi connectivity index (χ0) is 22.3. The lowest BCUT2D eigenvalue weighted by Gasteiger charge is -2.47. The molecule has 0 aromatic rings. The minimum absolute atomic E-state index is 0.787. The summed E-state index contributed by atoms with van der Waals surface area (Å²) in [4.78, 5) is 0. The topological polar surface area (TPSA) is 0 Å². The van der Waals surface area contributed by atoms with E-state index in [4.69, 9.17) is 0 Å². The van der Waals surface area contributed by atoms with Gasteiger partial charge in [-0.1, -0.05) is 49.5 Å². The SMILES string of the molecule is C=CC1CC(/C=C/CC)C2C3CC(C4C(C5CC6CC5C5C7CC(C8CC=CC87)C65)C=CC34)C12. The molecule has 0 amide bonds. The van der Waals surface area contributed by atoms with Gasteiger partial charge in [-0.2, -0.15) is 0 Å². The Bertz CT molecular complexity index is 982. The second-order valence-corrected chi connectivity index (χ2v) is 14.7. The van der Waals surface area contributed by atoms with Crippen LogP contribution in [-0.2, 0) is 0 Å². The third kappa shape index (κ3) is 2.22.